The first kappa shape index (κ1) is 13.4. The monoisotopic (exact) mass is 259 g/mol. The van der Waals surface area contributed by atoms with Gasteiger partial charge in [-0.25, -0.2) is 8.78 Å². The van der Waals surface area contributed by atoms with E-state index in [1.54, 1.807) is 6.07 Å². The third kappa shape index (κ3) is 2.92. The lowest BCUT2D eigenvalue weighted by Gasteiger charge is -2.12. The Kier molecular flexibility index (Phi) is 4.41. The molecule has 1 aromatic carbocycles. The summed E-state index contributed by atoms with van der Waals surface area (Å²) in [5.74, 6) is -1.32. The van der Waals surface area contributed by atoms with Crippen LogP contribution in [0.2, 0.25) is 0 Å². The molecule has 0 atom stereocenters. The molecule has 0 saturated heterocycles. The lowest BCUT2D eigenvalue weighted by atomic mass is 9.95. The topological polar surface area (TPSA) is 61.1 Å². The van der Waals surface area contributed by atoms with Crippen LogP contribution in [0.25, 0.3) is 0 Å². The average molecular weight is 260 g/mol. The molecule has 0 bridgehead atoms. The first-order valence-corrected chi connectivity index (χ1v) is 5.15. The Bertz CT molecular complexity index is 483. The van der Waals surface area contributed by atoms with Gasteiger partial charge in [0.05, 0.1) is 18.1 Å². The molecule has 0 aliphatic heterocycles. The van der Waals surface area contributed by atoms with Gasteiger partial charge in [0.25, 0.3) is 6.43 Å². The molecule has 0 heterocycles. The number of alkyl halides is 3. The highest BCUT2D eigenvalue weighted by molar-refractivity contribution is 6.17. The summed E-state index contributed by atoms with van der Waals surface area (Å²) >= 11 is 5.57. The van der Waals surface area contributed by atoms with Crippen molar-refractivity contribution >= 4 is 17.6 Å². The van der Waals surface area contributed by atoms with Gasteiger partial charge in [0, 0.05) is 11.4 Å². The van der Waals surface area contributed by atoms with Crippen molar-refractivity contribution in [2.45, 2.75) is 18.7 Å². The first-order chi connectivity index (χ1) is 8.01. The smallest absolute Gasteiger partial charge is 0.307 e. The summed E-state index contributed by atoms with van der Waals surface area (Å²) in [6, 6.07) is 4.25. The third-order valence-corrected chi connectivity index (χ3v) is 2.55. The zero-order chi connectivity index (χ0) is 13.0. The normalized spacial score (nSPS) is 10.3. The van der Waals surface area contributed by atoms with Gasteiger partial charge in [0.2, 0.25) is 0 Å². The molecular formula is C11H8ClF2NO2. The highest BCUT2D eigenvalue weighted by atomic mass is 35.5. The molecule has 0 aliphatic carbocycles. The summed E-state index contributed by atoms with van der Waals surface area (Å²) in [6.45, 7) is 0. The lowest BCUT2D eigenvalue weighted by molar-refractivity contribution is -0.136. The van der Waals surface area contributed by atoms with Gasteiger partial charge < -0.3 is 5.11 Å². The van der Waals surface area contributed by atoms with E-state index in [9.17, 15) is 13.6 Å². The number of rotatable bonds is 4. The number of aliphatic carboxylic acids is 1. The zero-order valence-corrected chi connectivity index (χ0v) is 9.34. The van der Waals surface area contributed by atoms with Crippen molar-refractivity contribution in [1.82, 2.24) is 0 Å². The van der Waals surface area contributed by atoms with Gasteiger partial charge in [-0.05, 0) is 17.2 Å². The van der Waals surface area contributed by atoms with E-state index in [-0.39, 0.29) is 17.0 Å². The van der Waals surface area contributed by atoms with E-state index in [4.69, 9.17) is 22.0 Å². The first-order valence-electron chi connectivity index (χ1n) is 4.62. The predicted octanol–water partition coefficient (Wildman–Crippen LogP) is 2.86. The van der Waals surface area contributed by atoms with Crippen molar-refractivity contribution in [2.75, 3.05) is 0 Å². The molecule has 6 heteroatoms. The van der Waals surface area contributed by atoms with Crippen LogP contribution in [0.1, 0.15) is 28.7 Å². The maximum atomic E-state index is 12.9. The fraction of sp³-hybridized carbons (Fsp3) is 0.273. The molecule has 1 N–H and O–H groups in total. The molecule has 0 amide bonds. The summed E-state index contributed by atoms with van der Waals surface area (Å²) < 4.78 is 25.7. The predicted molar refractivity (Wildman–Crippen MR) is 57.0 cm³/mol. The summed E-state index contributed by atoms with van der Waals surface area (Å²) in [5, 5.41) is 17.4. The van der Waals surface area contributed by atoms with E-state index in [1.165, 1.54) is 12.1 Å². The van der Waals surface area contributed by atoms with Crippen molar-refractivity contribution in [3.63, 3.8) is 0 Å². The molecule has 1 aromatic rings. The van der Waals surface area contributed by atoms with E-state index in [2.05, 4.69) is 0 Å². The molecule has 1 rings (SSSR count). The van der Waals surface area contributed by atoms with Gasteiger partial charge in [0.1, 0.15) is 0 Å². The number of carboxylic acids is 1. The Hall–Kier alpha value is -1.67. The summed E-state index contributed by atoms with van der Waals surface area (Å²) in [7, 11) is 0. The molecule has 0 fully saturated rings. The highest BCUT2D eigenvalue weighted by Crippen LogP contribution is 2.30. The van der Waals surface area contributed by atoms with Crippen molar-refractivity contribution in [3.8, 4) is 6.07 Å². The summed E-state index contributed by atoms with van der Waals surface area (Å²) in [6.07, 6.45) is -3.47. The molecule has 17 heavy (non-hydrogen) atoms. The lowest BCUT2D eigenvalue weighted by Crippen LogP contribution is -2.09. The minimum atomic E-state index is -2.90. The van der Waals surface area contributed by atoms with Crippen LogP contribution in [0.4, 0.5) is 8.78 Å². The SMILES string of the molecule is N#Cc1ccc(CCl)c(CC(=O)O)c1C(F)F. The maximum absolute atomic E-state index is 12.9. The number of hydrogen-bond acceptors (Lipinski definition) is 2. The summed E-state index contributed by atoms with van der Waals surface area (Å²) in [4.78, 5) is 10.6. The van der Waals surface area contributed by atoms with E-state index < -0.39 is 24.4 Å². The van der Waals surface area contributed by atoms with E-state index in [0.29, 0.717) is 5.56 Å². The number of carbonyl (C=O) groups is 1. The Morgan fingerprint density at radius 1 is 1.53 bits per heavy atom. The van der Waals surface area contributed by atoms with Crippen molar-refractivity contribution < 1.29 is 18.7 Å². The minimum Gasteiger partial charge on any atom is -0.481 e. The van der Waals surface area contributed by atoms with Crippen LogP contribution in [0.15, 0.2) is 12.1 Å². The molecule has 3 nitrogen and oxygen atoms in total. The molecule has 90 valence electrons. The van der Waals surface area contributed by atoms with Gasteiger partial charge in [0.15, 0.2) is 0 Å². The second kappa shape index (κ2) is 5.60. The molecule has 0 saturated carbocycles. The van der Waals surface area contributed by atoms with Crippen molar-refractivity contribution in [1.29, 1.82) is 5.26 Å². The van der Waals surface area contributed by atoms with Crippen LogP contribution in [0.3, 0.4) is 0 Å². The van der Waals surface area contributed by atoms with E-state index >= 15 is 0 Å². The van der Waals surface area contributed by atoms with Crippen LogP contribution < -0.4 is 0 Å². The summed E-state index contributed by atoms with van der Waals surface area (Å²) in [5.41, 5.74) is -0.511. The number of hydrogen-bond donors (Lipinski definition) is 1. The molecule has 0 radical (unpaired) electrons. The van der Waals surface area contributed by atoms with Crippen molar-refractivity contribution in [3.05, 3.63) is 34.4 Å². The third-order valence-electron chi connectivity index (χ3n) is 2.26. The van der Waals surface area contributed by atoms with E-state index in [1.807, 2.05) is 0 Å². The number of benzene rings is 1. The largest absolute Gasteiger partial charge is 0.481 e. The number of halogens is 3. The number of nitrogens with zero attached hydrogens (tertiary/aromatic N) is 1. The Morgan fingerprint density at radius 2 is 2.18 bits per heavy atom. The van der Waals surface area contributed by atoms with Gasteiger partial charge in [-0.15, -0.1) is 11.6 Å². The second-order valence-corrected chi connectivity index (χ2v) is 3.55. The molecule has 0 spiro atoms. The Balaban J connectivity index is 3.47. The number of nitriles is 1. The van der Waals surface area contributed by atoms with Gasteiger partial charge in [-0.3, -0.25) is 4.79 Å². The van der Waals surface area contributed by atoms with Crippen LogP contribution in [0, 0.1) is 11.3 Å². The number of carboxylic acid groups (broad SMARTS) is 1. The van der Waals surface area contributed by atoms with Crippen LogP contribution >= 0.6 is 11.6 Å². The van der Waals surface area contributed by atoms with Crippen LogP contribution in [-0.4, -0.2) is 11.1 Å². The van der Waals surface area contributed by atoms with Crippen LogP contribution in [-0.2, 0) is 17.1 Å². The maximum Gasteiger partial charge on any atom is 0.307 e. The molecule has 0 aliphatic rings. The second-order valence-electron chi connectivity index (χ2n) is 3.28. The Labute approximate surface area is 101 Å². The van der Waals surface area contributed by atoms with E-state index in [0.717, 1.165) is 0 Å². The van der Waals surface area contributed by atoms with Gasteiger partial charge >= 0.3 is 5.97 Å². The van der Waals surface area contributed by atoms with Gasteiger partial charge in [-0.1, -0.05) is 6.07 Å². The Morgan fingerprint density at radius 3 is 2.59 bits per heavy atom. The quantitative estimate of drug-likeness (QED) is 0.846. The zero-order valence-electron chi connectivity index (χ0n) is 8.58. The molecule has 0 aromatic heterocycles. The fourth-order valence-electron chi connectivity index (χ4n) is 1.54. The highest BCUT2D eigenvalue weighted by Gasteiger charge is 2.22. The molecular weight excluding hydrogens is 252 g/mol. The standard InChI is InChI=1S/C11H8ClF2NO2/c12-4-6-1-2-7(5-15)10(11(13)14)8(6)3-9(16)17/h1-2,11H,3-4H2,(H,16,17). The van der Waals surface area contributed by atoms with Crippen LogP contribution in [0.5, 0.6) is 0 Å². The van der Waals surface area contributed by atoms with Crippen molar-refractivity contribution in [2.24, 2.45) is 0 Å². The average Bonchev–Trinajstić information content (AvgIpc) is 2.27. The minimum absolute atomic E-state index is 0.0680. The van der Waals surface area contributed by atoms with Gasteiger partial charge in [-0.2, -0.15) is 5.26 Å². The fourth-order valence-corrected chi connectivity index (χ4v) is 1.79. The molecule has 0 unspecified atom stereocenters.